The minimum absolute atomic E-state index is 0.0707. The lowest BCUT2D eigenvalue weighted by atomic mass is 10.0. The normalized spacial score (nSPS) is 13.9. The fraction of sp³-hybridized carbons (Fsp3) is 0.267. The molecule has 2 N–H and O–H groups in total. The molecule has 0 saturated carbocycles. The van der Waals surface area contributed by atoms with Crippen molar-refractivity contribution in [2.45, 2.75) is 25.4 Å². The van der Waals surface area contributed by atoms with Crippen LogP contribution >= 0.6 is 11.3 Å². The Bertz CT molecular complexity index is 510. The summed E-state index contributed by atoms with van der Waals surface area (Å²) in [5, 5.41) is 14.7. The Kier molecular flexibility index (Phi) is 4.71. The Hall–Kier alpha value is -1.65. The minimum atomic E-state index is -0.846. The summed E-state index contributed by atoms with van der Waals surface area (Å²) in [6, 6.07) is 12.7. The molecule has 0 aliphatic heterocycles. The van der Waals surface area contributed by atoms with Crippen LogP contribution in [0.15, 0.2) is 47.8 Å². The van der Waals surface area contributed by atoms with Gasteiger partial charge in [-0.25, -0.2) is 0 Å². The Morgan fingerprint density at radius 3 is 2.53 bits per heavy atom. The van der Waals surface area contributed by atoms with Gasteiger partial charge in [0.1, 0.15) is 6.04 Å². The summed E-state index contributed by atoms with van der Waals surface area (Å²) < 4.78 is 0. The standard InChI is InChI=1S/C15H17NO2S/c1-2-12(13-9-6-10-19-13)16-14(15(17)18)11-7-4-3-5-8-11/h3-10,12,14,16H,2H2,1H3,(H,17,18). The maximum atomic E-state index is 11.5. The van der Waals surface area contributed by atoms with E-state index in [-0.39, 0.29) is 6.04 Å². The maximum absolute atomic E-state index is 11.5. The fourth-order valence-corrected chi connectivity index (χ4v) is 2.92. The SMILES string of the molecule is CCC(NC(C(=O)O)c1ccccc1)c1cccs1. The highest BCUT2D eigenvalue weighted by Crippen LogP contribution is 2.25. The van der Waals surface area contributed by atoms with E-state index in [1.54, 1.807) is 11.3 Å². The van der Waals surface area contributed by atoms with Crippen molar-refractivity contribution in [3.05, 3.63) is 58.3 Å². The topological polar surface area (TPSA) is 49.3 Å². The highest BCUT2D eigenvalue weighted by molar-refractivity contribution is 7.10. The summed E-state index contributed by atoms with van der Waals surface area (Å²) in [5.41, 5.74) is 0.782. The van der Waals surface area contributed by atoms with E-state index in [2.05, 4.69) is 12.2 Å². The van der Waals surface area contributed by atoms with Gasteiger partial charge in [-0.15, -0.1) is 11.3 Å². The van der Waals surface area contributed by atoms with E-state index in [0.717, 1.165) is 12.0 Å². The van der Waals surface area contributed by atoms with Gasteiger partial charge in [0.15, 0.2) is 0 Å². The predicted molar refractivity (Wildman–Crippen MR) is 77.3 cm³/mol. The van der Waals surface area contributed by atoms with Gasteiger partial charge in [0, 0.05) is 10.9 Å². The highest BCUT2D eigenvalue weighted by Gasteiger charge is 2.23. The lowest BCUT2D eigenvalue weighted by molar-refractivity contribution is -0.139. The zero-order valence-corrected chi connectivity index (χ0v) is 11.6. The molecule has 0 amide bonds. The molecule has 0 radical (unpaired) electrons. The highest BCUT2D eigenvalue weighted by atomic mass is 32.1. The van der Waals surface area contributed by atoms with Crippen molar-refractivity contribution in [1.82, 2.24) is 5.32 Å². The average Bonchev–Trinajstić information content (AvgIpc) is 2.94. The van der Waals surface area contributed by atoms with Crippen molar-refractivity contribution in [3.63, 3.8) is 0 Å². The van der Waals surface area contributed by atoms with Crippen LogP contribution < -0.4 is 5.32 Å². The van der Waals surface area contributed by atoms with Gasteiger partial charge in [0.25, 0.3) is 0 Å². The number of nitrogens with one attached hydrogen (secondary N) is 1. The molecular weight excluding hydrogens is 258 g/mol. The summed E-state index contributed by atoms with van der Waals surface area (Å²) in [5.74, 6) is -0.846. The lowest BCUT2D eigenvalue weighted by Crippen LogP contribution is -2.31. The summed E-state index contributed by atoms with van der Waals surface area (Å²) >= 11 is 1.65. The lowest BCUT2D eigenvalue weighted by Gasteiger charge is -2.21. The molecule has 2 aromatic rings. The van der Waals surface area contributed by atoms with E-state index >= 15 is 0 Å². The molecule has 0 bridgehead atoms. The molecule has 1 aromatic heterocycles. The van der Waals surface area contributed by atoms with Crippen molar-refractivity contribution < 1.29 is 9.90 Å². The Balaban J connectivity index is 2.19. The number of benzene rings is 1. The first-order valence-corrected chi connectivity index (χ1v) is 7.17. The first-order valence-electron chi connectivity index (χ1n) is 6.29. The smallest absolute Gasteiger partial charge is 0.325 e. The number of hydrogen-bond acceptors (Lipinski definition) is 3. The number of carboxylic acids is 1. The third-order valence-electron chi connectivity index (χ3n) is 3.04. The second-order valence-corrected chi connectivity index (χ2v) is 5.30. The van der Waals surface area contributed by atoms with Crippen LogP contribution in [0.3, 0.4) is 0 Å². The van der Waals surface area contributed by atoms with Crippen LogP contribution in [0.1, 0.15) is 35.9 Å². The molecule has 2 atom stereocenters. The van der Waals surface area contributed by atoms with Crippen LogP contribution in [0.2, 0.25) is 0 Å². The van der Waals surface area contributed by atoms with E-state index in [1.807, 2.05) is 47.8 Å². The van der Waals surface area contributed by atoms with Crippen LogP contribution in [0, 0.1) is 0 Å². The predicted octanol–water partition coefficient (Wildman–Crippen LogP) is 3.61. The van der Waals surface area contributed by atoms with E-state index in [9.17, 15) is 9.90 Å². The van der Waals surface area contributed by atoms with E-state index < -0.39 is 12.0 Å². The average molecular weight is 275 g/mol. The van der Waals surface area contributed by atoms with Crippen molar-refractivity contribution >= 4 is 17.3 Å². The Morgan fingerprint density at radius 1 is 1.26 bits per heavy atom. The third kappa shape index (κ3) is 3.43. The number of thiophene rings is 1. The molecule has 4 heteroatoms. The molecule has 3 nitrogen and oxygen atoms in total. The molecule has 0 spiro atoms. The van der Waals surface area contributed by atoms with E-state index in [0.29, 0.717) is 0 Å². The van der Waals surface area contributed by atoms with Gasteiger partial charge in [-0.1, -0.05) is 43.3 Å². The van der Waals surface area contributed by atoms with Gasteiger partial charge in [-0.2, -0.15) is 0 Å². The molecule has 1 heterocycles. The van der Waals surface area contributed by atoms with Gasteiger partial charge in [-0.3, -0.25) is 10.1 Å². The molecule has 0 aliphatic carbocycles. The third-order valence-corrected chi connectivity index (χ3v) is 4.03. The molecule has 100 valence electrons. The largest absolute Gasteiger partial charge is 0.480 e. The minimum Gasteiger partial charge on any atom is -0.480 e. The van der Waals surface area contributed by atoms with Crippen molar-refractivity contribution in [2.75, 3.05) is 0 Å². The summed E-state index contributed by atoms with van der Waals surface area (Å²) in [6.07, 6.45) is 0.858. The van der Waals surface area contributed by atoms with Gasteiger partial charge >= 0.3 is 5.97 Å². The Labute approximate surface area is 116 Å². The van der Waals surface area contributed by atoms with Crippen molar-refractivity contribution in [3.8, 4) is 0 Å². The summed E-state index contributed by atoms with van der Waals surface area (Å²) in [6.45, 7) is 2.06. The van der Waals surface area contributed by atoms with Gasteiger partial charge < -0.3 is 5.11 Å². The number of aliphatic carboxylic acids is 1. The van der Waals surface area contributed by atoms with Crippen LogP contribution in [-0.2, 0) is 4.79 Å². The summed E-state index contributed by atoms with van der Waals surface area (Å²) in [7, 11) is 0. The van der Waals surface area contributed by atoms with E-state index in [1.165, 1.54) is 4.88 Å². The first-order chi connectivity index (χ1) is 9.22. The van der Waals surface area contributed by atoms with Crippen LogP contribution in [-0.4, -0.2) is 11.1 Å². The fourth-order valence-electron chi connectivity index (χ4n) is 2.05. The van der Waals surface area contributed by atoms with Gasteiger partial charge in [0.2, 0.25) is 0 Å². The molecule has 19 heavy (non-hydrogen) atoms. The molecule has 0 saturated heterocycles. The number of carbonyl (C=O) groups is 1. The number of rotatable bonds is 6. The first kappa shape index (κ1) is 13.8. The molecule has 2 rings (SSSR count). The van der Waals surface area contributed by atoms with Crippen LogP contribution in [0.5, 0.6) is 0 Å². The van der Waals surface area contributed by atoms with E-state index in [4.69, 9.17) is 0 Å². The van der Waals surface area contributed by atoms with Gasteiger partial charge in [0.05, 0.1) is 0 Å². The zero-order valence-electron chi connectivity index (χ0n) is 10.7. The van der Waals surface area contributed by atoms with Crippen molar-refractivity contribution in [2.24, 2.45) is 0 Å². The number of hydrogen-bond donors (Lipinski definition) is 2. The molecule has 1 aromatic carbocycles. The Morgan fingerprint density at radius 2 is 2.00 bits per heavy atom. The summed E-state index contributed by atoms with van der Waals surface area (Å²) in [4.78, 5) is 12.6. The quantitative estimate of drug-likeness (QED) is 0.846. The second-order valence-electron chi connectivity index (χ2n) is 4.32. The van der Waals surface area contributed by atoms with Crippen molar-refractivity contribution in [1.29, 1.82) is 0 Å². The maximum Gasteiger partial charge on any atom is 0.325 e. The molecule has 2 unspecified atom stereocenters. The zero-order chi connectivity index (χ0) is 13.7. The molecular formula is C15H17NO2S. The number of carboxylic acid groups (broad SMARTS) is 1. The monoisotopic (exact) mass is 275 g/mol. The van der Waals surface area contributed by atoms with Crippen LogP contribution in [0.25, 0.3) is 0 Å². The molecule has 0 fully saturated rings. The molecule has 0 aliphatic rings. The van der Waals surface area contributed by atoms with Gasteiger partial charge in [-0.05, 0) is 23.4 Å². The van der Waals surface area contributed by atoms with Crippen LogP contribution in [0.4, 0.5) is 0 Å². The second kappa shape index (κ2) is 6.50.